The molecular formula is C23H32N2O6. The predicted molar refractivity (Wildman–Crippen MR) is 115 cm³/mol. The van der Waals surface area contributed by atoms with E-state index in [1.54, 1.807) is 6.92 Å². The normalized spacial score (nSPS) is 23.6. The highest BCUT2D eigenvalue weighted by Crippen LogP contribution is 2.24. The van der Waals surface area contributed by atoms with Crippen LogP contribution in [0.5, 0.6) is 0 Å². The van der Waals surface area contributed by atoms with Gasteiger partial charge in [-0.1, -0.05) is 42.5 Å². The van der Waals surface area contributed by atoms with Gasteiger partial charge in [0, 0.05) is 26.0 Å². The van der Waals surface area contributed by atoms with Crippen LogP contribution >= 0.6 is 0 Å². The molecular weight excluding hydrogens is 400 g/mol. The molecule has 2 rings (SSSR count). The van der Waals surface area contributed by atoms with Gasteiger partial charge in [0.15, 0.2) is 0 Å². The van der Waals surface area contributed by atoms with Crippen molar-refractivity contribution in [2.75, 3.05) is 20.3 Å². The van der Waals surface area contributed by atoms with Gasteiger partial charge in [-0.05, 0) is 25.3 Å². The van der Waals surface area contributed by atoms with Gasteiger partial charge in [-0.3, -0.25) is 14.4 Å². The first kappa shape index (κ1) is 24.6. The van der Waals surface area contributed by atoms with E-state index >= 15 is 0 Å². The Balaban J connectivity index is 2.27. The van der Waals surface area contributed by atoms with Crippen molar-refractivity contribution in [2.45, 2.75) is 50.8 Å². The van der Waals surface area contributed by atoms with Gasteiger partial charge in [0.2, 0.25) is 11.8 Å². The summed E-state index contributed by atoms with van der Waals surface area (Å²) in [5.74, 6) is -1.59. The summed E-state index contributed by atoms with van der Waals surface area (Å²) < 4.78 is 11.0. The quantitative estimate of drug-likeness (QED) is 0.446. The number of nitrogens with one attached hydrogen (secondary N) is 2. The molecule has 2 amide bonds. The maximum absolute atomic E-state index is 13.1. The summed E-state index contributed by atoms with van der Waals surface area (Å²) in [7, 11) is 1.51. The number of esters is 1. The number of cyclic esters (lactones) is 1. The topological polar surface area (TPSA) is 114 Å². The van der Waals surface area contributed by atoms with E-state index < -0.39 is 18.1 Å². The lowest BCUT2D eigenvalue weighted by molar-refractivity contribution is -0.153. The molecule has 0 saturated heterocycles. The summed E-state index contributed by atoms with van der Waals surface area (Å²) in [6, 6.07) is 8.19. The zero-order valence-electron chi connectivity index (χ0n) is 18.1. The number of hydrogen-bond donors (Lipinski definition) is 3. The van der Waals surface area contributed by atoms with Crippen LogP contribution in [0.15, 0.2) is 42.5 Å². The highest BCUT2D eigenvalue weighted by atomic mass is 16.5. The summed E-state index contributed by atoms with van der Waals surface area (Å²) in [6.45, 7) is 1.64. The van der Waals surface area contributed by atoms with Crippen LogP contribution in [0.2, 0.25) is 0 Å². The van der Waals surface area contributed by atoms with Gasteiger partial charge in [-0.2, -0.15) is 0 Å². The number of carbonyl (C=O) groups excluding carboxylic acids is 3. The average molecular weight is 433 g/mol. The molecule has 3 N–H and O–H groups in total. The number of allylic oxidation sites excluding steroid dienone is 2. The van der Waals surface area contributed by atoms with Crippen molar-refractivity contribution in [1.82, 2.24) is 10.6 Å². The Morgan fingerprint density at radius 3 is 2.71 bits per heavy atom. The fraction of sp³-hybridized carbons (Fsp3) is 0.522. The van der Waals surface area contributed by atoms with Crippen LogP contribution in [-0.4, -0.2) is 55.3 Å². The van der Waals surface area contributed by atoms with Gasteiger partial charge in [-0.15, -0.1) is 0 Å². The highest BCUT2D eigenvalue weighted by Gasteiger charge is 2.31. The molecule has 4 atom stereocenters. The van der Waals surface area contributed by atoms with Crippen LogP contribution in [0.1, 0.15) is 44.3 Å². The zero-order chi connectivity index (χ0) is 22.6. The lowest BCUT2D eigenvalue weighted by atomic mass is 9.96. The Morgan fingerprint density at radius 2 is 2.03 bits per heavy atom. The van der Waals surface area contributed by atoms with E-state index in [1.165, 1.54) is 7.11 Å². The Morgan fingerprint density at radius 1 is 1.29 bits per heavy atom. The molecule has 0 fully saturated rings. The first-order valence-corrected chi connectivity index (χ1v) is 10.5. The third-order valence-electron chi connectivity index (χ3n) is 5.01. The number of amides is 2. The molecule has 31 heavy (non-hydrogen) atoms. The molecule has 0 saturated carbocycles. The number of hydrogen-bond acceptors (Lipinski definition) is 6. The number of aliphatic hydroxyl groups excluding tert-OH is 1. The third kappa shape index (κ3) is 8.15. The van der Waals surface area contributed by atoms with Crippen LogP contribution in [0, 0.1) is 5.92 Å². The van der Waals surface area contributed by atoms with Gasteiger partial charge < -0.3 is 25.2 Å². The Labute approximate surface area is 183 Å². The van der Waals surface area contributed by atoms with Crippen molar-refractivity contribution < 1.29 is 29.0 Å². The number of benzene rings is 1. The molecule has 0 aliphatic carbocycles. The predicted octanol–water partition coefficient (Wildman–Crippen LogP) is 1.65. The second kappa shape index (κ2) is 12.9. The van der Waals surface area contributed by atoms with Crippen LogP contribution < -0.4 is 10.6 Å². The summed E-state index contributed by atoms with van der Waals surface area (Å²) in [5, 5.41) is 14.7. The maximum atomic E-state index is 13.1. The van der Waals surface area contributed by atoms with Crippen molar-refractivity contribution in [3.8, 4) is 0 Å². The van der Waals surface area contributed by atoms with E-state index in [4.69, 9.17) is 14.6 Å². The Kier molecular flexibility index (Phi) is 10.2. The number of aliphatic hydroxyl groups is 1. The number of methoxy groups -OCH3 is 1. The minimum absolute atomic E-state index is 0.0179. The van der Waals surface area contributed by atoms with E-state index in [2.05, 4.69) is 10.6 Å². The van der Waals surface area contributed by atoms with Gasteiger partial charge >= 0.3 is 5.97 Å². The smallest absolute Gasteiger partial charge is 0.306 e. The van der Waals surface area contributed by atoms with Gasteiger partial charge in [0.25, 0.3) is 0 Å². The monoisotopic (exact) mass is 432 g/mol. The fourth-order valence-corrected chi connectivity index (χ4v) is 3.38. The molecule has 0 aromatic heterocycles. The molecule has 0 spiro atoms. The molecule has 8 heteroatoms. The number of ether oxygens (including phenoxy) is 2. The summed E-state index contributed by atoms with van der Waals surface area (Å²) >= 11 is 0. The summed E-state index contributed by atoms with van der Waals surface area (Å²) in [6.07, 6.45) is 3.95. The molecule has 0 bridgehead atoms. The lowest BCUT2D eigenvalue weighted by Gasteiger charge is -2.29. The molecule has 1 aromatic carbocycles. The van der Waals surface area contributed by atoms with Crippen molar-refractivity contribution in [2.24, 2.45) is 5.92 Å². The third-order valence-corrected chi connectivity index (χ3v) is 5.01. The standard InChI is InChI=1S/C23H32N2O6/c1-16(14-26)24-20(27)13-18-11-7-4-8-12-21(28)31-22(17-9-5-3-6-10-17)19(15-30-2)25-23(18)29/h3-7,9-10,16,18-19,22,26H,8,11-15H2,1-2H3,(H,24,27)(H,25,29)/t16-,18+,19-,22-/m0/s1. The first-order chi connectivity index (χ1) is 14.9. The first-order valence-electron chi connectivity index (χ1n) is 10.5. The van der Waals surface area contributed by atoms with E-state index in [1.807, 2.05) is 42.5 Å². The van der Waals surface area contributed by atoms with E-state index in [9.17, 15) is 14.4 Å². The van der Waals surface area contributed by atoms with Crippen molar-refractivity contribution >= 4 is 17.8 Å². The molecule has 0 unspecified atom stereocenters. The molecule has 170 valence electrons. The minimum atomic E-state index is -0.718. The van der Waals surface area contributed by atoms with Crippen LogP contribution in [0.3, 0.4) is 0 Å². The maximum Gasteiger partial charge on any atom is 0.306 e. The van der Waals surface area contributed by atoms with Crippen LogP contribution in [-0.2, 0) is 23.9 Å². The lowest BCUT2D eigenvalue weighted by Crippen LogP contribution is -2.47. The van der Waals surface area contributed by atoms with Gasteiger partial charge in [-0.25, -0.2) is 0 Å². The Bertz CT molecular complexity index is 752. The van der Waals surface area contributed by atoms with E-state index in [-0.39, 0.29) is 49.9 Å². The van der Waals surface area contributed by atoms with Crippen LogP contribution in [0.25, 0.3) is 0 Å². The van der Waals surface area contributed by atoms with E-state index in [0.717, 1.165) is 5.56 Å². The molecule has 1 heterocycles. The number of rotatable bonds is 7. The van der Waals surface area contributed by atoms with Crippen LogP contribution in [0.4, 0.5) is 0 Å². The van der Waals surface area contributed by atoms with Crippen molar-refractivity contribution in [3.63, 3.8) is 0 Å². The SMILES string of the molecule is COC[C@@H]1NC(=O)[C@@H](CC(=O)N[C@@H](C)CO)CC=CCCC(=O)O[C@H]1c1ccccc1. The highest BCUT2D eigenvalue weighted by molar-refractivity contribution is 5.86. The van der Waals surface area contributed by atoms with E-state index in [0.29, 0.717) is 12.8 Å². The molecule has 1 aromatic rings. The van der Waals surface area contributed by atoms with Gasteiger partial charge in [0.1, 0.15) is 6.10 Å². The number of carbonyl (C=O) groups is 3. The second-order valence-corrected chi connectivity index (χ2v) is 7.69. The van der Waals surface area contributed by atoms with Gasteiger partial charge in [0.05, 0.1) is 25.2 Å². The zero-order valence-corrected chi connectivity index (χ0v) is 18.1. The summed E-state index contributed by atoms with van der Waals surface area (Å²) in [4.78, 5) is 37.8. The second-order valence-electron chi connectivity index (χ2n) is 7.69. The molecule has 0 radical (unpaired) electrons. The van der Waals surface area contributed by atoms with Crippen molar-refractivity contribution in [3.05, 3.63) is 48.0 Å². The molecule has 1 aliphatic rings. The molecule has 8 nitrogen and oxygen atoms in total. The largest absolute Gasteiger partial charge is 0.455 e. The van der Waals surface area contributed by atoms with Crippen molar-refractivity contribution in [1.29, 1.82) is 0 Å². The Hall–Kier alpha value is -2.71. The fourth-order valence-electron chi connectivity index (χ4n) is 3.38. The summed E-state index contributed by atoms with van der Waals surface area (Å²) in [5.41, 5.74) is 0.747. The minimum Gasteiger partial charge on any atom is -0.455 e. The average Bonchev–Trinajstić information content (AvgIpc) is 2.75. The molecule has 1 aliphatic heterocycles.